The van der Waals surface area contributed by atoms with E-state index in [1.165, 1.54) is 0 Å². The normalized spacial score (nSPS) is 17.3. The van der Waals surface area contributed by atoms with E-state index in [-0.39, 0.29) is 11.3 Å². The van der Waals surface area contributed by atoms with Crippen LogP contribution in [0.4, 0.5) is 0 Å². The molecule has 0 heterocycles. The highest BCUT2D eigenvalue weighted by Crippen LogP contribution is 2.18. The van der Waals surface area contributed by atoms with Crippen molar-refractivity contribution in [2.24, 2.45) is 5.92 Å². The summed E-state index contributed by atoms with van der Waals surface area (Å²) in [5.41, 5.74) is 0. The zero-order valence-corrected chi connectivity index (χ0v) is 10.6. The number of carbonyl (C=O) groups is 1. The largest absolute Gasteiger partial charge is 0.334 e. The van der Waals surface area contributed by atoms with Gasteiger partial charge in [-0.25, -0.2) is 0 Å². The maximum absolute atomic E-state index is 11.1. The topological polar surface area (TPSA) is 32.3 Å². The SMILES string of the molecule is CNC(C)CC(C)C(S)N(C)C(C)=O. The summed E-state index contributed by atoms with van der Waals surface area (Å²) in [6.45, 7) is 5.81. The summed E-state index contributed by atoms with van der Waals surface area (Å²) in [6, 6.07) is 0.458. The molecule has 0 spiro atoms. The second-order valence-corrected chi connectivity index (χ2v) is 4.48. The van der Waals surface area contributed by atoms with Crippen molar-refractivity contribution >= 4 is 18.5 Å². The first-order valence-corrected chi connectivity index (χ1v) is 5.50. The van der Waals surface area contributed by atoms with Crippen LogP contribution >= 0.6 is 12.6 Å². The van der Waals surface area contributed by atoms with Crippen LogP contribution < -0.4 is 5.32 Å². The average molecular weight is 218 g/mol. The van der Waals surface area contributed by atoms with Gasteiger partial charge in [0.25, 0.3) is 0 Å². The Morgan fingerprint density at radius 3 is 2.36 bits per heavy atom. The van der Waals surface area contributed by atoms with Crippen molar-refractivity contribution in [1.29, 1.82) is 0 Å². The molecule has 0 aromatic rings. The number of hydrogen-bond acceptors (Lipinski definition) is 3. The summed E-state index contributed by atoms with van der Waals surface area (Å²) in [6.07, 6.45) is 1.02. The lowest BCUT2D eigenvalue weighted by Gasteiger charge is -2.29. The molecule has 3 nitrogen and oxygen atoms in total. The molecule has 84 valence electrons. The predicted molar refractivity (Wildman–Crippen MR) is 63.5 cm³/mol. The molecule has 3 unspecified atom stereocenters. The summed E-state index contributed by atoms with van der Waals surface area (Å²) in [4.78, 5) is 12.8. The van der Waals surface area contributed by atoms with E-state index >= 15 is 0 Å². The predicted octanol–water partition coefficient (Wildman–Crippen LogP) is 1.35. The smallest absolute Gasteiger partial charge is 0.220 e. The first-order valence-electron chi connectivity index (χ1n) is 4.98. The number of hydrogen-bond donors (Lipinski definition) is 2. The lowest BCUT2D eigenvalue weighted by atomic mass is 10.0. The molecule has 0 fully saturated rings. The summed E-state index contributed by atoms with van der Waals surface area (Å²) >= 11 is 4.45. The van der Waals surface area contributed by atoms with E-state index in [2.05, 4.69) is 31.8 Å². The van der Waals surface area contributed by atoms with Gasteiger partial charge in [-0.2, -0.15) is 12.6 Å². The quantitative estimate of drug-likeness (QED) is 0.539. The molecule has 3 atom stereocenters. The molecule has 0 aliphatic heterocycles. The minimum Gasteiger partial charge on any atom is -0.334 e. The molecule has 1 N–H and O–H groups in total. The Morgan fingerprint density at radius 2 is 2.00 bits per heavy atom. The number of nitrogens with one attached hydrogen (secondary N) is 1. The number of rotatable bonds is 5. The molecule has 14 heavy (non-hydrogen) atoms. The Kier molecular flexibility index (Phi) is 6.20. The van der Waals surface area contributed by atoms with E-state index in [1.807, 2.05) is 7.05 Å². The lowest BCUT2D eigenvalue weighted by Crippen LogP contribution is -2.38. The van der Waals surface area contributed by atoms with E-state index in [9.17, 15) is 4.79 Å². The van der Waals surface area contributed by atoms with Gasteiger partial charge < -0.3 is 10.2 Å². The van der Waals surface area contributed by atoms with Gasteiger partial charge in [0, 0.05) is 20.0 Å². The van der Waals surface area contributed by atoms with Gasteiger partial charge in [-0.1, -0.05) is 6.92 Å². The number of nitrogens with zero attached hydrogens (tertiary/aromatic N) is 1. The number of carbonyl (C=O) groups excluding carboxylic acids is 1. The molecule has 0 radical (unpaired) electrons. The van der Waals surface area contributed by atoms with Gasteiger partial charge in [0.05, 0.1) is 5.37 Å². The summed E-state index contributed by atoms with van der Waals surface area (Å²) < 4.78 is 0. The first-order chi connectivity index (χ1) is 6.40. The molecule has 0 bridgehead atoms. The lowest BCUT2D eigenvalue weighted by molar-refractivity contribution is -0.128. The van der Waals surface area contributed by atoms with Crippen LogP contribution in [0.5, 0.6) is 0 Å². The van der Waals surface area contributed by atoms with Crippen LogP contribution in [0, 0.1) is 5.92 Å². The average Bonchev–Trinajstić information content (AvgIpc) is 2.14. The van der Waals surface area contributed by atoms with Crippen molar-refractivity contribution in [3.05, 3.63) is 0 Å². The fourth-order valence-electron chi connectivity index (χ4n) is 1.37. The van der Waals surface area contributed by atoms with Crippen LogP contribution in [-0.2, 0) is 4.79 Å². The van der Waals surface area contributed by atoms with Gasteiger partial charge >= 0.3 is 0 Å². The summed E-state index contributed by atoms with van der Waals surface area (Å²) in [5, 5.41) is 3.18. The molecule has 0 saturated heterocycles. The molecular formula is C10H22N2OS. The Labute approximate surface area is 92.7 Å². The fourth-order valence-corrected chi connectivity index (χ4v) is 1.65. The van der Waals surface area contributed by atoms with Gasteiger partial charge in [0.15, 0.2) is 0 Å². The highest BCUT2D eigenvalue weighted by Gasteiger charge is 2.20. The standard InChI is InChI=1S/C10H22N2OS/c1-7(6-8(2)11-4)10(14)12(5)9(3)13/h7-8,10-11,14H,6H2,1-5H3. The first kappa shape index (κ1) is 13.8. The zero-order chi connectivity index (χ0) is 11.3. The van der Waals surface area contributed by atoms with Crippen molar-refractivity contribution in [2.45, 2.75) is 38.6 Å². The molecule has 0 saturated carbocycles. The molecule has 4 heteroatoms. The third-order valence-electron chi connectivity index (χ3n) is 2.62. The van der Waals surface area contributed by atoms with Gasteiger partial charge in [-0.3, -0.25) is 4.79 Å². The van der Waals surface area contributed by atoms with Crippen LogP contribution in [0.2, 0.25) is 0 Å². The van der Waals surface area contributed by atoms with Crippen molar-refractivity contribution in [3.63, 3.8) is 0 Å². The van der Waals surface area contributed by atoms with E-state index < -0.39 is 0 Å². The highest BCUT2D eigenvalue weighted by molar-refractivity contribution is 7.80. The van der Waals surface area contributed by atoms with Gasteiger partial charge in [0.2, 0.25) is 5.91 Å². The third kappa shape index (κ3) is 4.33. The summed E-state index contributed by atoms with van der Waals surface area (Å²) in [7, 11) is 3.74. The fraction of sp³-hybridized carbons (Fsp3) is 0.900. The van der Waals surface area contributed by atoms with E-state index in [0.717, 1.165) is 6.42 Å². The molecule has 0 aromatic carbocycles. The maximum Gasteiger partial charge on any atom is 0.220 e. The molecule has 0 aliphatic rings. The van der Waals surface area contributed by atoms with Crippen molar-refractivity contribution < 1.29 is 4.79 Å². The highest BCUT2D eigenvalue weighted by atomic mass is 32.1. The Hall–Kier alpha value is -0.220. The Morgan fingerprint density at radius 1 is 1.50 bits per heavy atom. The van der Waals surface area contributed by atoms with Gasteiger partial charge in [0.1, 0.15) is 0 Å². The van der Waals surface area contributed by atoms with Crippen LogP contribution in [-0.4, -0.2) is 36.3 Å². The van der Waals surface area contributed by atoms with E-state index in [1.54, 1.807) is 18.9 Å². The molecule has 0 aliphatic carbocycles. The minimum absolute atomic E-state index is 0.00306. The van der Waals surface area contributed by atoms with Crippen molar-refractivity contribution in [3.8, 4) is 0 Å². The van der Waals surface area contributed by atoms with Crippen LogP contribution in [0.25, 0.3) is 0 Å². The van der Waals surface area contributed by atoms with E-state index in [0.29, 0.717) is 12.0 Å². The van der Waals surface area contributed by atoms with Crippen LogP contribution in [0.15, 0.2) is 0 Å². The minimum atomic E-state index is 0.00306. The van der Waals surface area contributed by atoms with Crippen LogP contribution in [0.1, 0.15) is 27.2 Å². The Balaban J connectivity index is 4.10. The van der Waals surface area contributed by atoms with Crippen molar-refractivity contribution in [2.75, 3.05) is 14.1 Å². The third-order valence-corrected chi connectivity index (χ3v) is 3.48. The monoisotopic (exact) mass is 218 g/mol. The molecule has 0 aromatic heterocycles. The summed E-state index contributed by atoms with van der Waals surface area (Å²) in [5.74, 6) is 0.448. The Bertz CT molecular complexity index is 187. The van der Waals surface area contributed by atoms with E-state index in [4.69, 9.17) is 0 Å². The van der Waals surface area contributed by atoms with Crippen LogP contribution in [0.3, 0.4) is 0 Å². The molecule has 0 rings (SSSR count). The zero-order valence-electron chi connectivity index (χ0n) is 9.74. The molecular weight excluding hydrogens is 196 g/mol. The second-order valence-electron chi connectivity index (χ2n) is 3.95. The molecule has 1 amide bonds. The van der Waals surface area contributed by atoms with Gasteiger partial charge in [-0.05, 0) is 26.3 Å². The number of amides is 1. The second kappa shape index (κ2) is 6.30. The van der Waals surface area contributed by atoms with Crippen molar-refractivity contribution in [1.82, 2.24) is 10.2 Å². The van der Waals surface area contributed by atoms with Gasteiger partial charge in [-0.15, -0.1) is 0 Å². The maximum atomic E-state index is 11.1. The number of thiol groups is 1.